The van der Waals surface area contributed by atoms with Crippen LogP contribution in [0.25, 0.3) is 10.4 Å². The van der Waals surface area contributed by atoms with E-state index in [-0.39, 0.29) is 12.2 Å². The summed E-state index contributed by atoms with van der Waals surface area (Å²) in [5, 5.41) is 6.99. The number of halogens is 1. The second kappa shape index (κ2) is 7.74. The van der Waals surface area contributed by atoms with Gasteiger partial charge in [0, 0.05) is 33.2 Å². The third-order valence-corrected chi connectivity index (χ3v) is 3.65. The summed E-state index contributed by atoms with van der Waals surface area (Å²) in [4.78, 5) is 14.8. The number of hydrogen-bond acceptors (Lipinski definition) is 5. The van der Waals surface area contributed by atoms with E-state index < -0.39 is 11.9 Å². The summed E-state index contributed by atoms with van der Waals surface area (Å²) in [7, 11) is 0. The molecule has 0 radical (unpaired) electrons. The Morgan fingerprint density at radius 2 is 2.36 bits per heavy atom. The molecule has 22 heavy (non-hydrogen) atoms. The van der Waals surface area contributed by atoms with Crippen molar-refractivity contribution in [2.45, 2.75) is 11.5 Å². The van der Waals surface area contributed by atoms with E-state index in [2.05, 4.69) is 27.9 Å². The molecule has 114 valence electrons. The van der Waals surface area contributed by atoms with Gasteiger partial charge >= 0.3 is 0 Å². The molecular formula is C12H10FN5O2S2. The maximum Gasteiger partial charge on any atom is 0.249 e. The largest absolute Gasteiger partial charge is 0.472 e. The molecule has 0 fully saturated rings. The van der Waals surface area contributed by atoms with Gasteiger partial charge in [0.05, 0.1) is 0 Å². The van der Waals surface area contributed by atoms with E-state index >= 15 is 0 Å². The van der Waals surface area contributed by atoms with E-state index in [1.54, 1.807) is 24.4 Å². The molecule has 0 aliphatic rings. The van der Waals surface area contributed by atoms with Crippen molar-refractivity contribution in [2.75, 3.05) is 6.01 Å². The second-order valence-electron chi connectivity index (χ2n) is 3.89. The first-order valence-corrected chi connectivity index (χ1v) is 7.32. The molecule has 0 spiro atoms. The van der Waals surface area contributed by atoms with Crippen LogP contribution in [0.15, 0.2) is 40.5 Å². The first-order chi connectivity index (χ1) is 10.7. The third-order valence-electron chi connectivity index (χ3n) is 2.62. The van der Waals surface area contributed by atoms with Crippen LogP contribution in [0.3, 0.4) is 0 Å². The summed E-state index contributed by atoms with van der Waals surface area (Å²) in [6, 6.07) is 5.68. The minimum absolute atomic E-state index is 0.0179. The zero-order valence-electron chi connectivity index (χ0n) is 11.1. The van der Waals surface area contributed by atoms with E-state index in [0.717, 1.165) is 11.8 Å². The maximum absolute atomic E-state index is 12.6. The number of ether oxygens (including phenoxy) is 1. The summed E-state index contributed by atoms with van der Waals surface area (Å²) in [6.45, 7) is -0.0179. The monoisotopic (exact) mass is 339 g/mol. The lowest BCUT2D eigenvalue weighted by molar-refractivity contribution is 0.0997. The lowest BCUT2D eigenvalue weighted by Crippen LogP contribution is -2.06. The Morgan fingerprint density at radius 1 is 1.55 bits per heavy atom. The standard InChI is InChI=1S/C12H10FN5O2S2/c13-7-22-10-3-1-2-8(12(19)15-17-14)9(10)6-20-11-4-5-18(21)16-11/h1-5,21H,6-7H2. The van der Waals surface area contributed by atoms with E-state index in [9.17, 15) is 9.18 Å². The Morgan fingerprint density at radius 3 is 3.00 bits per heavy atom. The van der Waals surface area contributed by atoms with Gasteiger partial charge < -0.3 is 4.74 Å². The van der Waals surface area contributed by atoms with Crippen molar-refractivity contribution < 1.29 is 13.9 Å². The summed E-state index contributed by atoms with van der Waals surface area (Å²) in [5.74, 6) is -0.445. The molecule has 1 amide bonds. The number of aromatic nitrogens is 2. The van der Waals surface area contributed by atoms with E-state index in [0.29, 0.717) is 16.3 Å². The molecule has 0 saturated carbocycles. The van der Waals surface area contributed by atoms with Gasteiger partial charge in [0.1, 0.15) is 12.6 Å². The van der Waals surface area contributed by atoms with Crippen LogP contribution in [0.1, 0.15) is 15.9 Å². The minimum atomic E-state index is -0.748. The highest BCUT2D eigenvalue weighted by molar-refractivity contribution is 7.99. The van der Waals surface area contributed by atoms with E-state index in [4.69, 9.17) is 10.3 Å². The van der Waals surface area contributed by atoms with Crippen molar-refractivity contribution in [1.82, 2.24) is 9.19 Å². The Balaban J connectivity index is 2.32. The lowest BCUT2D eigenvalue weighted by atomic mass is 10.1. The molecule has 2 aromatic rings. The fourth-order valence-corrected chi connectivity index (χ4v) is 2.51. The summed E-state index contributed by atoms with van der Waals surface area (Å²) in [5.41, 5.74) is 9.00. The number of thioether (sulfide) groups is 1. The summed E-state index contributed by atoms with van der Waals surface area (Å²) in [6.07, 6.45) is 1.58. The Kier molecular flexibility index (Phi) is 5.70. The predicted octanol–water partition coefficient (Wildman–Crippen LogP) is 3.62. The van der Waals surface area contributed by atoms with Crippen LogP contribution in [0.2, 0.25) is 0 Å². The average Bonchev–Trinajstić information content (AvgIpc) is 2.92. The molecule has 2 rings (SSSR count). The van der Waals surface area contributed by atoms with E-state index in [1.165, 1.54) is 10.2 Å². The smallest absolute Gasteiger partial charge is 0.249 e. The molecule has 0 unspecified atom stereocenters. The number of nitrogens with zero attached hydrogens (tertiary/aromatic N) is 5. The fourth-order valence-electron chi connectivity index (χ4n) is 1.72. The molecule has 7 nitrogen and oxygen atoms in total. The Hall–Kier alpha value is -2.16. The number of benzene rings is 1. The van der Waals surface area contributed by atoms with Gasteiger partial charge in [-0.25, -0.2) is 8.48 Å². The summed E-state index contributed by atoms with van der Waals surface area (Å²) >= 11 is 4.90. The van der Waals surface area contributed by atoms with Gasteiger partial charge in [0.25, 0.3) is 0 Å². The molecule has 0 bridgehead atoms. The highest BCUT2D eigenvalue weighted by Crippen LogP contribution is 2.27. The number of azide groups is 1. The first-order valence-electron chi connectivity index (χ1n) is 5.93. The van der Waals surface area contributed by atoms with E-state index in [1.807, 2.05) is 0 Å². The molecule has 1 aromatic carbocycles. The third kappa shape index (κ3) is 3.94. The van der Waals surface area contributed by atoms with Gasteiger partial charge in [0.2, 0.25) is 11.8 Å². The number of carbonyl (C=O) groups is 1. The van der Waals surface area contributed by atoms with Crippen LogP contribution in [-0.2, 0) is 6.61 Å². The Labute approximate surface area is 134 Å². The molecule has 0 atom stereocenters. The number of amides is 1. The zero-order valence-corrected chi connectivity index (χ0v) is 12.8. The predicted molar refractivity (Wildman–Crippen MR) is 82.7 cm³/mol. The van der Waals surface area contributed by atoms with Crippen LogP contribution >= 0.6 is 24.6 Å². The zero-order chi connectivity index (χ0) is 15.9. The normalized spacial score (nSPS) is 10.1. The van der Waals surface area contributed by atoms with Crippen LogP contribution in [-0.4, -0.2) is 21.1 Å². The number of carbonyl (C=O) groups excluding carboxylic acids is 1. The average molecular weight is 339 g/mol. The van der Waals surface area contributed by atoms with Gasteiger partial charge in [-0.05, 0) is 29.5 Å². The van der Waals surface area contributed by atoms with Crippen molar-refractivity contribution in [3.63, 3.8) is 0 Å². The van der Waals surface area contributed by atoms with Crippen LogP contribution in [0.5, 0.6) is 5.88 Å². The van der Waals surface area contributed by atoms with Gasteiger partial charge in [-0.3, -0.25) is 4.79 Å². The SMILES string of the molecule is [N-]=[N+]=NC(=O)c1cccc(SCF)c1COc1ccn(S)n1. The van der Waals surface area contributed by atoms with Crippen LogP contribution in [0.4, 0.5) is 4.39 Å². The van der Waals surface area contributed by atoms with Crippen molar-refractivity contribution in [3.8, 4) is 5.88 Å². The second-order valence-corrected chi connectivity index (χ2v) is 5.25. The molecule has 1 heterocycles. The quantitative estimate of drug-likeness (QED) is 0.286. The molecule has 0 aliphatic heterocycles. The molecule has 0 saturated heterocycles. The highest BCUT2D eigenvalue weighted by Gasteiger charge is 2.15. The van der Waals surface area contributed by atoms with Gasteiger partial charge in [-0.2, -0.15) is 0 Å². The summed E-state index contributed by atoms with van der Waals surface area (Å²) < 4.78 is 19.4. The topological polar surface area (TPSA) is 92.9 Å². The molecular weight excluding hydrogens is 329 g/mol. The fraction of sp³-hybridized carbons (Fsp3) is 0.167. The molecule has 0 aliphatic carbocycles. The number of alkyl halides is 1. The van der Waals surface area contributed by atoms with Crippen molar-refractivity contribution in [1.29, 1.82) is 0 Å². The molecule has 1 aromatic heterocycles. The first kappa shape index (κ1) is 16.2. The molecule has 10 heteroatoms. The van der Waals surface area contributed by atoms with Gasteiger partial charge in [-0.15, -0.1) is 5.10 Å². The lowest BCUT2D eigenvalue weighted by Gasteiger charge is -2.12. The highest BCUT2D eigenvalue weighted by atomic mass is 32.2. The Bertz CT molecular complexity index is 730. The molecule has 0 N–H and O–H groups in total. The van der Waals surface area contributed by atoms with Crippen LogP contribution < -0.4 is 4.74 Å². The van der Waals surface area contributed by atoms with Crippen molar-refractivity contribution >= 4 is 30.5 Å². The number of rotatable bonds is 6. The maximum atomic E-state index is 12.6. The van der Waals surface area contributed by atoms with Gasteiger partial charge in [0.15, 0.2) is 0 Å². The van der Waals surface area contributed by atoms with Gasteiger partial charge in [-0.1, -0.05) is 23.9 Å². The number of thiol groups is 1. The number of hydrogen-bond donors (Lipinski definition) is 1. The van der Waals surface area contributed by atoms with Crippen molar-refractivity contribution in [2.24, 2.45) is 5.11 Å². The van der Waals surface area contributed by atoms with Crippen LogP contribution in [0, 0.1) is 0 Å². The van der Waals surface area contributed by atoms with Crippen molar-refractivity contribution in [3.05, 3.63) is 52.0 Å². The minimum Gasteiger partial charge on any atom is -0.472 e.